The predicted molar refractivity (Wildman–Crippen MR) is 65.2 cm³/mol. The molecule has 0 aromatic heterocycles. The van der Waals surface area contributed by atoms with Crippen LogP contribution < -0.4 is 4.74 Å². The molecule has 1 N–H and O–H groups in total. The van der Waals surface area contributed by atoms with Crippen LogP contribution in [-0.4, -0.2) is 16.4 Å². The lowest BCUT2D eigenvalue weighted by molar-refractivity contribution is 0.414. The summed E-state index contributed by atoms with van der Waals surface area (Å²) in [5.74, 6) is 0.850. The molecule has 0 amide bonds. The van der Waals surface area contributed by atoms with E-state index in [1.807, 2.05) is 0 Å². The highest BCUT2D eigenvalue weighted by Crippen LogP contribution is 2.16. The van der Waals surface area contributed by atoms with Crippen LogP contribution in [0.25, 0.3) is 5.76 Å². The van der Waals surface area contributed by atoms with Gasteiger partial charge in [-0.1, -0.05) is 12.2 Å². The van der Waals surface area contributed by atoms with E-state index in [-0.39, 0.29) is 5.76 Å². The second-order valence-electron chi connectivity index (χ2n) is 2.60. The number of aliphatic hydroxyl groups is 1. The number of thiocarbonyl (C=S) groups is 1. The molecule has 1 aromatic rings. The molecule has 74 valence electrons. The number of benzene rings is 1. The first-order valence-electron chi connectivity index (χ1n) is 3.91. The van der Waals surface area contributed by atoms with E-state index in [1.54, 1.807) is 31.4 Å². The number of aliphatic hydroxyl groups excluding tert-OH is 1. The average Bonchev–Trinajstić information content (AvgIpc) is 2.17. The number of hydrogen-bond donors (Lipinski definition) is 2. The molecule has 4 heteroatoms. The van der Waals surface area contributed by atoms with E-state index >= 15 is 0 Å². The van der Waals surface area contributed by atoms with Crippen LogP contribution in [0.3, 0.4) is 0 Å². The number of ether oxygens (including phenoxy) is 1. The fourth-order valence-electron chi connectivity index (χ4n) is 0.962. The van der Waals surface area contributed by atoms with Gasteiger partial charge in [0.05, 0.1) is 11.3 Å². The third-order valence-corrected chi connectivity index (χ3v) is 1.89. The van der Waals surface area contributed by atoms with E-state index in [1.165, 1.54) is 6.08 Å². The Labute approximate surface area is 93.6 Å². The largest absolute Gasteiger partial charge is 0.507 e. The molecule has 0 saturated carbocycles. The first-order valence-corrected chi connectivity index (χ1v) is 4.77. The van der Waals surface area contributed by atoms with Gasteiger partial charge in [-0.15, -0.1) is 12.6 Å². The highest BCUT2D eigenvalue weighted by molar-refractivity contribution is 8.11. The Bertz CT molecular complexity index is 355. The van der Waals surface area contributed by atoms with Crippen molar-refractivity contribution >= 4 is 34.8 Å². The zero-order chi connectivity index (χ0) is 10.6. The molecule has 0 fully saturated rings. The maximum atomic E-state index is 9.54. The topological polar surface area (TPSA) is 29.5 Å². The summed E-state index contributed by atoms with van der Waals surface area (Å²) in [4.78, 5) is 0. The van der Waals surface area contributed by atoms with E-state index in [4.69, 9.17) is 17.0 Å². The molecule has 0 bridgehead atoms. The van der Waals surface area contributed by atoms with Crippen LogP contribution in [0.15, 0.2) is 30.3 Å². The summed E-state index contributed by atoms with van der Waals surface area (Å²) < 4.78 is 5.33. The van der Waals surface area contributed by atoms with Crippen molar-refractivity contribution in [3.05, 3.63) is 35.9 Å². The molecule has 0 aliphatic rings. The van der Waals surface area contributed by atoms with Gasteiger partial charge >= 0.3 is 0 Å². The SMILES string of the molecule is COc1ccc(/C(O)=C/C(=S)S)cc1. The molecule has 0 spiro atoms. The molecule has 0 radical (unpaired) electrons. The normalized spacial score (nSPS) is 11.1. The van der Waals surface area contributed by atoms with Crippen LogP contribution in [0, 0.1) is 0 Å². The molecule has 0 unspecified atom stereocenters. The van der Waals surface area contributed by atoms with Crippen LogP contribution >= 0.6 is 24.8 Å². The zero-order valence-corrected chi connectivity index (χ0v) is 9.31. The van der Waals surface area contributed by atoms with Gasteiger partial charge in [0.25, 0.3) is 0 Å². The summed E-state index contributed by atoms with van der Waals surface area (Å²) in [5.41, 5.74) is 0.683. The molecular formula is C10H10O2S2. The number of rotatable bonds is 3. The maximum absolute atomic E-state index is 9.54. The van der Waals surface area contributed by atoms with E-state index in [9.17, 15) is 5.11 Å². The molecule has 1 aromatic carbocycles. The van der Waals surface area contributed by atoms with E-state index in [0.29, 0.717) is 9.76 Å². The van der Waals surface area contributed by atoms with Gasteiger partial charge in [-0.2, -0.15) is 0 Å². The molecule has 0 aliphatic carbocycles. The van der Waals surface area contributed by atoms with Crippen LogP contribution in [0.2, 0.25) is 0 Å². The van der Waals surface area contributed by atoms with Crippen molar-refractivity contribution in [3.8, 4) is 5.75 Å². The lowest BCUT2D eigenvalue weighted by Gasteiger charge is -2.02. The monoisotopic (exact) mass is 226 g/mol. The van der Waals surface area contributed by atoms with Crippen molar-refractivity contribution in [2.75, 3.05) is 7.11 Å². The van der Waals surface area contributed by atoms with E-state index in [0.717, 1.165) is 5.75 Å². The Kier molecular flexibility index (Phi) is 3.98. The minimum absolute atomic E-state index is 0.104. The molecule has 0 atom stereocenters. The summed E-state index contributed by atoms with van der Waals surface area (Å²) in [5, 5.41) is 9.54. The molecular weight excluding hydrogens is 216 g/mol. The van der Waals surface area contributed by atoms with Crippen LogP contribution in [-0.2, 0) is 0 Å². The summed E-state index contributed by atoms with van der Waals surface area (Å²) >= 11 is 8.62. The van der Waals surface area contributed by atoms with Crippen LogP contribution in [0.4, 0.5) is 0 Å². The summed E-state index contributed by atoms with van der Waals surface area (Å²) in [6.45, 7) is 0. The molecule has 0 saturated heterocycles. The van der Waals surface area contributed by atoms with Crippen LogP contribution in [0.1, 0.15) is 5.56 Å². The number of thiol groups is 1. The van der Waals surface area contributed by atoms with Gasteiger partial charge in [-0.3, -0.25) is 0 Å². The van der Waals surface area contributed by atoms with Crippen molar-refractivity contribution < 1.29 is 9.84 Å². The maximum Gasteiger partial charge on any atom is 0.124 e. The van der Waals surface area contributed by atoms with Crippen molar-refractivity contribution in [3.63, 3.8) is 0 Å². The van der Waals surface area contributed by atoms with Gasteiger partial charge in [0, 0.05) is 11.6 Å². The highest BCUT2D eigenvalue weighted by atomic mass is 32.1. The van der Waals surface area contributed by atoms with Crippen molar-refractivity contribution in [1.82, 2.24) is 0 Å². The summed E-state index contributed by atoms with van der Waals surface area (Å²) in [7, 11) is 1.59. The average molecular weight is 226 g/mol. The van der Waals surface area contributed by atoms with Gasteiger partial charge in [0.1, 0.15) is 11.5 Å². The van der Waals surface area contributed by atoms with E-state index in [2.05, 4.69) is 12.6 Å². The third-order valence-electron chi connectivity index (χ3n) is 1.65. The summed E-state index contributed by atoms with van der Waals surface area (Å²) in [6, 6.07) is 7.02. The Morgan fingerprint density at radius 3 is 2.43 bits per heavy atom. The van der Waals surface area contributed by atoms with Crippen molar-refractivity contribution in [2.24, 2.45) is 0 Å². The quantitative estimate of drug-likeness (QED) is 0.359. The van der Waals surface area contributed by atoms with E-state index < -0.39 is 0 Å². The predicted octanol–water partition coefficient (Wildman–Crippen LogP) is 2.85. The number of methoxy groups -OCH3 is 1. The van der Waals surface area contributed by atoms with Gasteiger partial charge in [0.2, 0.25) is 0 Å². The molecule has 1 rings (SSSR count). The lowest BCUT2D eigenvalue weighted by Crippen LogP contribution is -1.87. The fraction of sp³-hybridized carbons (Fsp3) is 0.100. The number of hydrogen-bond acceptors (Lipinski definition) is 3. The molecule has 2 nitrogen and oxygen atoms in total. The fourth-order valence-corrected chi connectivity index (χ4v) is 1.20. The van der Waals surface area contributed by atoms with Crippen molar-refractivity contribution in [2.45, 2.75) is 0 Å². The van der Waals surface area contributed by atoms with Gasteiger partial charge in [-0.05, 0) is 24.3 Å². The third kappa shape index (κ3) is 3.05. The zero-order valence-electron chi connectivity index (χ0n) is 7.60. The molecule has 14 heavy (non-hydrogen) atoms. The van der Waals surface area contributed by atoms with Crippen LogP contribution in [0.5, 0.6) is 5.75 Å². The first kappa shape index (κ1) is 11.1. The Hall–Kier alpha value is -1.00. The standard InChI is InChI=1S/C10H10O2S2/c1-12-8-4-2-7(3-5-8)9(11)6-10(13)14/h2-6,11H,1H3,(H,13,14)/b9-6-. The molecule has 0 aliphatic heterocycles. The molecule has 0 heterocycles. The Balaban J connectivity index is 2.92. The smallest absolute Gasteiger partial charge is 0.124 e. The second kappa shape index (κ2) is 5.02. The summed E-state index contributed by atoms with van der Waals surface area (Å²) in [6.07, 6.45) is 1.42. The minimum Gasteiger partial charge on any atom is -0.507 e. The van der Waals surface area contributed by atoms with Gasteiger partial charge < -0.3 is 9.84 Å². The van der Waals surface area contributed by atoms with Gasteiger partial charge in [0.15, 0.2) is 0 Å². The first-order chi connectivity index (χ1) is 6.63. The Morgan fingerprint density at radius 2 is 2.00 bits per heavy atom. The highest BCUT2D eigenvalue weighted by Gasteiger charge is 1.99. The minimum atomic E-state index is 0.104. The lowest BCUT2D eigenvalue weighted by atomic mass is 10.2. The Morgan fingerprint density at radius 1 is 1.43 bits per heavy atom. The van der Waals surface area contributed by atoms with Gasteiger partial charge in [-0.25, -0.2) is 0 Å². The van der Waals surface area contributed by atoms with Crippen molar-refractivity contribution in [1.29, 1.82) is 0 Å². The second-order valence-corrected chi connectivity index (χ2v) is 3.82.